The van der Waals surface area contributed by atoms with Gasteiger partial charge in [-0.2, -0.15) is 10.5 Å². The molecule has 2 atom stereocenters. The molecule has 134 heavy (non-hydrogen) atoms. The van der Waals surface area contributed by atoms with E-state index in [-0.39, 0.29) is 11.1 Å². The first kappa shape index (κ1) is 109. The molecule has 11 aromatic rings. The highest BCUT2D eigenvalue weighted by molar-refractivity contribution is 7.32. The van der Waals surface area contributed by atoms with Crippen LogP contribution in [0, 0.1) is 34.5 Å². The zero-order valence-electron chi connectivity index (χ0n) is 84.0. The van der Waals surface area contributed by atoms with Crippen LogP contribution in [0.4, 0.5) is 0 Å². The fourth-order valence-electron chi connectivity index (χ4n) is 19.0. The Kier molecular flexibility index (Phi) is 48.3. The molecule has 0 saturated heterocycles. The SMILES string of the molecule is CCCCCCCCOC(=O)/C(C#N)=C/c1cc(CCCCCC)c(-c2cc(CCCCCC)c(-c3cc(CCCCCC)c(-c4cc5c(-c6ccc(CC(CC)CCCC)s6)c6sc(-c7sc(-c8sc(-c9sc(/C=C(\C#N)C(=O)OCCCCCCCC)cc9CCCCCC)cc8CCCCCC)cc7CCCCCC)cc6c(-c6ccc(CC(CC)CCCC)s6)c5s4)s3)s2)s1. The first-order valence-corrected chi connectivity index (χ1v) is 61.4. The van der Waals surface area contributed by atoms with Gasteiger partial charge in [-0.05, 0) is 233 Å². The number of rotatable bonds is 68. The monoisotopic (exact) mass is 1990 g/mol. The fraction of sp³-hybridized carbons (Fsp3) is 0.576. The molecule has 11 rings (SSSR count). The number of hydrogen-bond donors (Lipinski definition) is 0. The van der Waals surface area contributed by atoms with Crippen LogP contribution in [0.2, 0.25) is 0 Å². The molecular weight excluding hydrogens is 1830 g/mol. The Morgan fingerprint density at radius 2 is 0.552 bits per heavy atom. The molecule has 1 aromatic carbocycles. The molecule has 0 aliphatic rings. The van der Waals surface area contributed by atoms with Gasteiger partial charge >= 0.3 is 11.9 Å². The van der Waals surface area contributed by atoms with Gasteiger partial charge in [-0.1, -0.05) is 314 Å². The molecule has 0 bridgehead atoms. The number of carbonyl (C=O) groups excluding carboxylic acids is 2. The van der Waals surface area contributed by atoms with E-state index in [0.717, 1.165) is 138 Å². The first-order chi connectivity index (χ1) is 65.7. The predicted molar refractivity (Wildman–Crippen MR) is 601 cm³/mol. The molecule has 726 valence electrons. The number of nitriles is 2. The number of unbranched alkanes of at least 4 members (excludes halogenated alkanes) is 30. The normalized spacial score (nSPS) is 12.5. The Balaban J connectivity index is 1.11. The smallest absolute Gasteiger partial charge is 0.348 e. The molecule has 0 fully saturated rings. The molecule has 2 unspecified atom stereocenters. The molecule has 0 aliphatic carbocycles. The molecule has 6 nitrogen and oxygen atoms in total. The summed E-state index contributed by atoms with van der Waals surface area (Å²) in [6.07, 6.45) is 63.5. The number of benzene rings is 1. The molecule has 0 aliphatic heterocycles. The van der Waals surface area contributed by atoms with Crippen molar-refractivity contribution < 1.29 is 19.1 Å². The Labute approximate surface area is 849 Å². The number of esters is 2. The van der Waals surface area contributed by atoms with Gasteiger partial charge in [0.1, 0.15) is 23.3 Å². The maximum Gasteiger partial charge on any atom is 0.348 e. The number of fused-ring (bicyclic) bond motifs is 2. The number of aryl methyl sites for hydroxylation is 6. The highest BCUT2D eigenvalue weighted by Crippen LogP contribution is 2.59. The van der Waals surface area contributed by atoms with Crippen molar-refractivity contribution in [1.82, 2.24) is 0 Å². The van der Waals surface area contributed by atoms with Crippen molar-refractivity contribution in [2.24, 2.45) is 11.8 Å². The summed E-state index contributed by atoms with van der Waals surface area (Å²) in [5.74, 6) is 0.278. The van der Waals surface area contributed by atoms with Crippen molar-refractivity contribution in [2.75, 3.05) is 13.2 Å². The van der Waals surface area contributed by atoms with Gasteiger partial charge < -0.3 is 9.47 Å². The maximum absolute atomic E-state index is 13.7. The van der Waals surface area contributed by atoms with Crippen LogP contribution in [0.15, 0.2) is 83.9 Å². The van der Waals surface area contributed by atoms with Crippen molar-refractivity contribution in [3.05, 3.63) is 137 Å². The van der Waals surface area contributed by atoms with Crippen LogP contribution in [-0.2, 0) is 70.4 Å². The molecule has 10 heterocycles. The molecule has 0 radical (unpaired) electrons. The van der Waals surface area contributed by atoms with Crippen molar-refractivity contribution >= 4 is 158 Å². The van der Waals surface area contributed by atoms with E-state index >= 15 is 0 Å². The van der Waals surface area contributed by atoms with Crippen molar-refractivity contribution in [2.45, 2.75) is 417 Å². The second kappa shape index (κ2) is 59.7. The topological polar surface area (TPSA) is 100 Å². The van der Waals surface area contributed by atoms with Crippen molar-refractivity contribution in [1.29, 1.82) is 10.5 Å². The van der Waals surface area contributed by atoms with Crippen LogP contribution in [0.25, 0.3) is 112 Å². The van der Waals surface area contributed by atoms with Gasteiger partial charge in [-0.3, -0.25) is 0 Å². The highest BCUT2D eigenvalue weighted by atomic mass is 32.1. The van der Waals surface area contributed by atoms with Crippen LogP contribution in [0.3, 0.4) is 0 Å². The molecule has 0 spiro atoms. The molecule has 0 N–H and O–H groups in total. The zero-order valence-corrected chi connectivity index (χ0v) is 92.2. The lowest BCUT2D eigenvalue weighted by Gasteiger charge is -2.13. The first-order valence-electron chi connectivity index (χ1n) is 53.3. The lowest BCUT2D eigenvalue weighted by atomic mass is 9.95. The van der Waals surface area contributed by atoms with Gasteiger partial charge in [0.15, 0.2) is 0 Å². The maximum atomic E-state index is 13.7. The third-order valence-corrected chi connectivity index (χ3v) is 39.7. The summed E-state index contributed by atoms with van der Waals surface area (Å²) in [6.45, 7) is 28.6. The predicted octanol–water partition coefficient (Wildman–Crippen LogP) is 41.8. The van der Waals surface area contributed by atoms with Gasteiger partial charge in [0.05, 0.1) is 13.2 Å². The van der Waals surface area contributed by atoms with Gasteiger partial charge in [0.2, 0.25) is 0 Å². The number of ether oxygens (including phenoxy) is 2. The third kappa shape index (κ3) is 31.6. The Morgan fingerprint density at radius 3 is 0.836 bits per heavy atom. The summed E-state index contributed by atoms with van der Waals surface area (Å²) >= 11 is 19.9. The van der Waals surface area contributed by atoms with E-state index in [1.165, 1.54) is 348 Å². The number of nitrogens with zero attached hydrogens (tertiary/aromatic N) is 2. The molecule has 0 amide bonds. The zero-order chi connectivity index (χ0) is 94.8. The average Bonchev–Trinajstić information content (AvgIpc) is 1.58. The van der Waals surface area contributed by atoms with E-state index in [4.69, 9.17) is 9.47 Å². The van der Waals surface area contributed by atoms with E-state index in [1.54, 1.807) is 22.7 Å². The van der Waals surface area contributed by atoms with Crippen LogP contribution in [0.1, 0.15) is 418 Å². The highest BCUT2D eigenvalue weighted by Gasteiger charge is 2.31. The van der Waals surface area contributed by atoms with Crippen LogP contribution in [-0.4, -0.2) is 25.2 Å². The van der Waals surface area contributed by atoms with Gasteiger partial charge in [-0.15, -0.1) is 113 Å². The minimum absolute atomic E-state index is 0.0798. The molecule has 10 aromatic heterocycles. The van der Waals surface area contributed by atoms with Crippen molar-refractivity contribution in [3.63, 3.8) is 0 Å². The lowest BCUT2D eigenvalue weighted by molar-refractivity contribution is -0.139. The molecule has 16 heteroatoms. The van der Waals surface area contributed by atoms with E-state index in [2.05, 4.69) is 236 Å². The number of hydrogen-bond acceptors (Lipinski definition) is 16. The van der Waals surface area contributed by atoms with E-state index in [9.17, 15) is 20.1 Å². The second-order valence-electron chi connectivity index (χ2n) is 38.1. The summed E-state index contributed by atoms with van der Waals surface area (Å²) in [5, 5.41) is 24.0. The van der Waals surface area contributed by atoms with Gasteiger partial charge in [0.25, 0.3) is 0 Å². The van der Waals surface area contributed by atoms with Crippen LogP contribution >= 0.6 is 113 Å². The Bertz CT molecular complexity index is 5110. The molecule has 0 saturated carbocycles. The largest absolute Gasteiger partial charge is 0.462 e. The fourth-order valence-corrected chi connectivity index (χ4v) is 32.0. The van der Waals surface area contributed by atoms with Crippen LogP contribution in [0.5, 0.6) is 0 Å². The second-order valence-corrected chi connectivity index (χ2v) is 48.9. The Morgan fingerprint density at radius 1 is 0.291 bits per heavy atom. The minimum Gasteiger partial charge on any atom is -0.462 e. The minimum atomic E-state index is -0.515. The van der Waals surface area contributed by atoms with E-state index < -0.39 is 11.9 Å². The number of thiophene rings is 10. The van der Waals surface area contributed by atoms with E-state index in [0.29, 0.717) is 25.0 Å². The van der Waals surface area contributed by atoms with E-state index in [1.807, 2.05) is 34.8 Å². The standard InChI is InChI=1S/C118H160N2O4S10/c1-13-25-35-43-45-53-67-123-117(121)91(81-119)73-95-71-85(57-47-37-27-15-3)109(127-95)101-75-87(59-49-39-29-17-5)111(129-101)103-77-89(61-51-41-31-19-7)113(131-103)105-79-97-107(99-65-63-93(125-99)69-83(23-11)55-33-21-9)116-98(108(115(97)133-105)100-66-64-94(126-100)70-84(24-12)56-34-22-10)80-106(134-116)114-90(62-52-42-32-20-8)78-104(132-114)112-88(60-50-40-30-18-6)76-102(130-112)110-86(58-48-38-28-16-4)72-96(128-110)74-92(82-120)118(122)124-68-54-46-44-36-26-14-2/h63-66,71-80,83-84H,13-62,67-70H2,1-12H3/b91-73+,92-74+. The van der Waals surface area contributed by atoms with Gasteiger partial charge in [-0.25, -0.2) is 9.59 Å². The van der Waals surface area contributed by atoms with Gasteiger partial charge in [0, 0.05) is 119 Å². The summed E-state index contributed by atoms with van der Waals surface area (Å²) in [4.78, 5) is 51.5. The Hall–Kier alpha value is -5.86. The van der Waals surface area contributed by atoms with Crippen LogP contribution < -0.4 is 0 Å². The summed E-state index contributed by atoms with van der Waals surface area (Å²) < 4.78 is 14.4. The average molecular weight is 1990 g/mol. The lowest BCUT2D eigenvalue weighted by Crippen LogP contribution is -2.07. The summed E-state index contributed by atoms with van der Waals surface area (Å²) in [6, 6.07) is 35.0. The quantitative estimate of drug-likeness (QED) is 0.0163. The summed E-state index contributed by atoms with van der Waals surface area (Å²) in [5.41, 5.74) is 11.5. The molecular formula is C118H160N2O4S10. The summed E-state index contributed by atoms with van der Waals surface area (Å²) in [7, 11) is 0. The third-order valence-electron chi connectivity index (χ3n) is 27.1. The number of carbonyl (C=O) groups is 2. The van der Waals surface area contributed by atoms with Crippen molar-refractivity contribution in [3.8, 4) is 91.5 Å².